The van der Waals surface area contributed by atoms with E-state index in [1.165, 1.54) is 11.3 Å². The molecule has 0 aliphatic heterocycles. The highest BCUT2D eigenvalue weighted by atomic mass is 32.1. The Morgan fingerprint density at radius 2 is 2.12 bits per heavy atom. The second-order valence-electron chi connectivity index (χ2n) is 3.03. The van der Waals surface area contributed by atoms with Crippen LogP contribution in [0, 0.1) is 0 Å². The molecule has 3 nitrogen and oxygen atoms in total. The third-order valence-electron chi connectivity index (χ3n) is 1.86. The monoisotopic (exact) mass is 278 g/mol. The van der Waals surface area contributed by atoms with E-state index in [2.05, 4.69) is 4.98 Å². The maximum absolute atomic E-state index is 12.4. The van der Waals surface area contributed by atoms with Gasteiger partial charge in [0, 0.05) is 0 Å². The number of thiophene rings is 1. The third-order valence-corrected chi connectivity index (χ3v) is 3.62. The van der Waals surface area contributed by atoms with Crippen molar-refractivity contribution in [3.05, 3.63) is 22.4 Å². The van der Waals surface area contributed by atoms with Crippen LogP contribution in [0.1, 0.15) is 9.67 Å². The number of aromatic nitrogens is 1. The number of Topliss-reactive ketones (excluding diaryl/α,β-unsaturated/α-hetero) is 1. The van der Waals surface area contributed by atoms with Crippen LogP contribution < -0.4 is 5.73 Å². The van der Waals surface area contributed by atoms with E-state index in [-0.39, 0.29) is 10.8 Å². The first-order valence-corrected chi connectivity index (χ1v) is 6.01. The maximum atomic E-state index is 12.4. The van der Waals surface area contributed by atoms with Crippen molar-refractivity contribution < 1.29 is 18.0 Å². The van der Waals surface area contributed by atoms with E-state index in [1.807, 2.05) is 0 Å². The summed E-state index contributed by atoms with van der Waals surface area (Å²) < 4.78 is 37.1. The Morgan fingerprint density at radius 1 is 1.41 bits per heavy atom. The minimum absolute atomic E-state index is 0.00447. The molecule has 90 valence electrons. The van der Waals surface area contributed by atoms with E-state index in [4.69, 9.17) is 5.73 Å². The second-order valence-corrected chi connectivity index (χ2v) is 5.01. The number of halogens is 3. The molecule has 0 aromatic carbocycles. The summed E-state index contributed by atoms with van der Waals surface area (Å²) in [4.78, 5) is 15.0. The van der Waals surface area contributed by atoms with Gasteiger partial charge in [-0.05, 0) is 11.4 Å². The molecule has 2 N–H and O–H groups in total. The van der Waals surface area contributed by atoms with E-state index in [0.29, 0.717) is 16.2 Å². The number of ketones is 1. The minimum atomic E-state index is -4.91. The molecule has 0 atom stereocenters. The highest BCUT2D eigenvalue weighted by molar-refractivity contribution is 7.19. The normalized spacial score (nSPS) is 11.7. The standard InChI is InChI=1S/C9H5F3N2OS2/c10-9(11,12)7(15)6-5(14-8(13)17-6)4-2-1-3-16-4/h1-3H,(H2,13,14). The Morgan fingerprint density at radius 3 is 2.65 bits per heavy atom. The van der Waals surface area contributed by atoms with Crippen molar-refractivity contribution in [2.45, 2.75) is 6.18 Å². The summed E-state index contributed by atoms with van der Waals surface area (Å²) in [5.41, 5.74) is 5.36. The predicted molar refractivity (Wildman–Crippen MR) is 60.2 cm³/mol. The second kappa shape index (κ2) is 4.11. The van der Waals surface area contributed by atoms with Crippen LogP contribution in [0.2, 0.25) is 0 Å². The molecular formula is C9H5F3N2OS2. The van der Waals surface area contributed by atoms with Crippen molar-refractivity contribution in [2.75, 3.05) is 5.73 Å². The minimum Gasteiger partial charge on any atom is -0.375 e. The van der Waals surface area contributed by atoms with Crippen molar-refractivity contribution in [1.29, 1.82) is 0 Å². The molecule has 8 heteroatoms. The quantitative estimate of drug-likeness (QED) is 0.858. The number of anilines is 1. The van der Waals surface area contributed by atoms with Crippen LogP contribution in [0.15, 0.2) is 17.5 Å². The fraction of sp³-hybridized carbons (Fsp3) is 0.111. The molecule has 0 aliphatic rings. The number of hydrogen-bond acceptors (Lipinski definition) is 5. The largest absolute Gasteiger partial charge is 0.455 e. The van der Waals surface area contributed by atoms with Gasteiger partial charge in [-0.1, -0.05) is 17.4 Å². The maximum Gasteiger partial charge on any atom is 0.455 e. The van der Waals surface area contributed by atoms with Crippen LogP contribution >= 0.6 is 22.7 Å². The van der Waals surface area contributed by atoms with E-state index in [9.17, 15) is 18.0 Å². The number of hydrogen-bond donors (Lipinski definition) is 1. The fourth-order valence-corrected chi connectivity index (χ4v) is 2.79. The molecule has 0 unspecified atom stereocenters. The predicted octanol–water partition coefficient (Wildman–Crippen LogP) is 3.20. The van der Waals surface area contributed by atoms with E-state index in [0.717, 1.165) is 0 Å². The number of alkyl halides is 3. The number of carbonyl (C=O) groups excluding carboxylic acids is 1. The Labute approximate surface area is 102 Å². The zero-order valence-corrected chi connectivity index (χ0v) is 9.75. The van der Waals surface area contributed by atoms with Crippen LogP contribution in [-0.4, -0.2) is 16.9 Å². The zero-order chi connectivity index (χ0) is 12.6. The molecule has 2 aromatic heterocycles. The van der Waals surface area contributed by atoms with Gasteiger partial charge in [-0.2, -0.15) is 13.2 Å². The molecule has 17 heavy (non-hydrogen) atoms. The molecule has 2 rings (SSSR count). The van der Waals surface area contributed by atoms with Gasteiger partial charge in [-0.3, -0.25) is 4.79 Å². The highest BCUT2D eigenvalue weighted by Gasteiger charge is 2.42. The van der Waals surface area contributed by atoms with Gasteiger partial charge in [0.15, 0.2) is 5.13 Å². The summed E-state index contributed by atoms with van der Waals surface area (Å²) in [5.74, 6) is -1.91. The van der Waals surface area contributed by atoms with Crippen LogP contribution in [0.25, 0.3) is 10.6 Å². The first kappa shape index (κ1) is 12.1. The molecule has 2 aromatic rings. The van der Waals surface area contributed by atoms with Gasteiger partial charge in [0.05, 0.1) is 4.88 Å². The molecule has 0 saturated heterocycles. The van der Waals surface area contributed by atoms with Crippen molar-refractivity contribution in [2.24, 2.45) is 0 Å². The fourth-order valence-electron chi connectivity index (χ4n) is 1.20. The Hall–Kier alpha value is -1.41. The summed E-state index contributed by atoms with van der Waals surface area (Å²) in [6.45, 7) is 0. The van der Waals surface area contributed by atoms with E-state index < -0.39 is 16.8 Å². The van der Waals surface area contributed by atoms with Crippen LogP contribution in [-0.2, 0) is 0 Å². The topological polar surface area (TPSA) is 56.0 Å². The van der Waals surface area contributed by atoms with Gasteiger partial charge in [-0.15, -0.1) is 11.3 Å². The van der Waals surface area contributed by atoms with Crippen LogP contribution in [0.5, 0.6) is 0 Å². The lowest BCUT2D eigenvalue weighted by Crippen LogP contribution is -2.22. The van der Waals surface area contributed by atoms with Gasteiger partial charge in [0.1, 0.15) is 10.6 Å². The summed E-state index contributed by atoms with van der Waals surface area (Å²) in [7, 11) is 0. The Bertz CT molecular complexity index is 545. The molecule has 0 radical (unpaired) electrons. The van der Waals surface area contributed by atoms with Gasteiger partial charge in [0.25, 0.3) is 5.78 Å². The molecule has 0 saturated carbocycles. The molecule has 0 amide bonds. The molecule has 0 fully saturated rings. The summed E-state index contributed by atoms with van der Waals surface area (Å²) >= 11 is 1.75. The summed E-state index contributed by atoms with van der Waals surface area (Å²) in [6, 6.07) is 3.25. The SMILES string of the molecule is Nc1nc(-c2cccs2)c(C(=O)C(F)(F)F)s1. The Kier molecular flexibility index (Phi) is 2.92. The lowest BCUT2D eigenvalue weighted by atomic mass is 10.2. The number of thiazole rings is 1. The van der Waals surface area contributed by atoms with Crippen molar-refractivity contribution >= 4 is 33.6 Å². The van der Waals surface area contributed by atoms with Crippen molar-refractivity contribution in [1.82, 2.24) is 4.98 Å². The molecule has 0 spiro atoms. The molecule has 0 aliphatic carbocycles. The average molecular weight is 278 g/mol. The molecule has 0 bridgehead atoms. The lowest BCUT2D eigenvalue weighted by Gasteiger charge is -2.03. The molecule has 2 heterocycles. The van der Waals surface area contributed by atoms with Gasteiger partial charge >= 0.3 is 6.18 Å². The van der Waals surface area contributed by atoms with Crippen molar-refractivity contribution in [3.8, 4) is 10.6 Å². The summed E-state index contributed by atoms with van der Waals surface area (Å²) in [6.07, 6.45) is -4.91. The number of carbonyl (C=O) groups is 1. The van der Waals surface area contributed by atoms with Crippen molar-refractivity contribution in [3.63, 3.8) is 0 Å². The van der Waals surface area contributed by atoms with Gasteiger partial charge in [0.2, 0.25) is 0 Å². The average Bonchev–Trinajstić information content (AvgIpc) is 2.82. The third kappa shape index (κ3) is 2.32. The number of nitrogens with two attached hydrogens (primary N) is 1. The van der Waals surface area contributed by atoms with Gasteiger partial charge < -0.3 is 5.73 Å². The van der Waals surface area contributed by atoms with Crippen LogP contribution in [0.3, 0.4) is 0 Å². The van der Waals surface area contributed by atoms with E-state index in [1.54, 1.807) is 17.5 Å². The number of nitrogen functional groups attached to an aromatic ring is 1. The lowest BCUT2D eigenvalue weighted by molar-refractivity contribution is -0.0882. The molecular weight excluding hydrogens is 273 g/mol. The first-order valence-electron chi connectivity index (χ1n) is 4.31. The first-order chi connectivity index (χ1) is 7.89. The Balaban J connectivity index is 2.52. The number of rotatable bonds is 2. The smallest absolute Gasteiger partial charge is 0.375 e. The highest BCUT2D eigenvalue weighted by Crippen LogP contribution is 2.36. The number of nitrogens with zero attached hydrogens (tertiary/aromatic N) is 1. The zero-order valence-electron chi connectivity index (χ0n) is 8.12. The van der Waals surface area contributed by atoms with E-state index >= 15 is 0 Å². The van der Waals surface area contributed by atoms with Crippen LogP contribution in [0.4, 0.5) is 18.3 Å². The summed E-state index contributed by atoms with van der Waals surface area (Å²) in [5, 5.41) is 1.63. The van der Waals surface area contributed by atoms with Gasteiger partial charge in [-0.25, -0.2) is 4.98 Å².